The summed E-state index contributed by atoms with van der Waals surface area (Å²) in [7, 11) is 0. The highest BCUT2D eigenvalue weighted by atomic mass is 15.1. The van der Waals surface area contributed by atoms with Crippen molar-refractivity contribution in [3.8, 4) is 55.6 Å². The molecule has 0 heterocycles. The number of hydrogen-bond acceptors (Lipinski definition) is 1. The number of anilines is 3. The van der Waals surface area contributed by atoms with Crippen LogP contribution in [0.25, 0.3) is 55.6 Å². The zero-order valence-corrected chi connectivity index (χ0v) is 43.9. The Hall–Kier alpha value is -7.22. The standard InChI is InChI=1S/C72H65N/c1-68(2,3)45-31-35-53-54-36-32-46(69(4,5)6)42-64(54)72(63(53)41-45)61-29-16-12-22-50(61)55-38-34-48(44-65(55)72)73(47-33-37-52-49-21-11-15-28-60(49)71(62(52)43-47)39-18-9-19-40-71)66-30-17-13-24-56(66)58-26-20-25-57-51-23-10-14-27-59(51)70(7,8)67(57)58/h10-17,20-38,41-44H,9,18-19,39-40H2,1-8H3. The van der Waals surface area contributed by atoms with Gasteiger partial charge in [-0.25, -0.2) is 0 Å². The van der Waals surface area contributed by atoms with Crippen molar-refractivity contribution in [2.24, 2.45) is 0 Å². The number of benzene rings is 9. The molecule has 0 saturated heterocycles. The first-order valence-corrected chi connectivity index (χ1v) is 27.1. The summed E-state index contributed by atoms with van der Waals surface area (Å²) in [5.41, 5.74) is 30.3. The van der Waals surface area contributed by atoms with Gasteiger partial charge in [0.05, 0.1) is 11.1 Å². The number of nitrogens with zero attached hydrogens (tertiary/aromatic N) is 1. The molecule has 1 heteroatoms. The molecule has 73 heavy (non-hydrogen) atoms. The Morgan fingerprint density at radius 3 is 1.34 bits per heavy atom. The quantitative estimate of drug-likeness (QED) is 0.170. The number of rotatable bonds is 4. The van der Waals surface area contributed by atoms with Gasteiger partial charge < -0.3 is 4.90 Å². The molecule has 0 radical (unpaired) electrons. The van der Waals surface area contributed by atoms with Crippen LogP contribution in [0.3, 0.4) is 0 Å². The van der Waals surface area contributed by atoms with Crippen LogP contribution >= 0.6 is 0 Å². The fraction of sp³-hybridized carbons (Fsp3) is 0.250. The van der Waals surface area contributed by atoms with E-state index in [4.69, 9.17) is 0 Å². The molecule has 2 spiro atoms. The first-order chi connectivity index (χ1) is 35.2. The van der Waals surface area contributed by atoms with Crippen LogP contribution in [0.15, 0.2) is 188 Å². The lowest BCUT2D eigenvalue weighted by Gasteiger charge is -2.37. The molecular weight excluding hydrogens is 879 g/mol. The third-order valence-electron chi connectivity index (χ3n) is 18.4. The molecule has 1 fully saturated rings. The highest BCUT2D eigenvalue weighted by Crippen LogP contribution is 2.65. The summed E-state index contributed by atoms with van der Waals surface area (Å²) in [6.07, 6.45) is 6.20. The summed E-state index contributed by atoms with van der Waals surface area (Å²) in [6, 6.07) is 73.9. The Balaban J connectivity index is 1.06. The summed E-state index contributed by atoms with van der Waals surface area (Å²) < 4.78 is 0. The summed E-state index contributed by atoms with van der Waals surface area (Å²) in [5, 5.41) is 0. The van der Waals surface area contributed by atoms with E-state index in [1.807, 2.05) is 0 Å². The third-order valence-corrected chi connectivity index (χ3v) is 18.4. The summed E-state index contributed by atoms with van der Waals surface area (Å²) in [6.45, 7) is 19.0. The molecule has 0 aliphatic heterocycles. The normalized spacial score (nSPS) is 16.5. The van der Waals surface area contributed by atoms with Crippen LogP contribution < -0.4 is 4.90 Å². The minimum absolute atomic E-state index is 0.0118. The second kappa shape index (κ2) is 15.4. The molecule has 5 aliphatic carbocycles. The molecular formula is C72H65N. The fourth-order valence-electron chi connectivity index (χ4n) is 14.9. The van der Waals surface area contributed by atoms with E-state index < -0.39 is 5.41 Å². The Morgan fingerprint density at radius 1 is 0.342 bits per heavy atom. The maximum Gasteiger partial charge on any atom is 0.0726 e. The zero-order chi connectivity index (χ0) is 49.8. The van der Waals surface area contributed by atoms with Crippen LogP contribution in [0.5, 0.6) is 0 Å². The van der Waals surface area contributed by atoms with E-state index in [9.17, 15) is 0 Å². The van der Waals surface area contributed by atoms with Gasteiger partial charge in [-0.05, 0) is 160 Å². The lowest BCUT2D eigenvalue weighted by molar-refractivity contribution is 0.353. The molecule has 5 aliphatic rings. The average molecular weight is 944 g/mol. The Kier molecular flexibility index (Phi) is 9.39. The van der Waals surface area contributed by atoms with Crippen molar-refractivity contribution in [3.63, 3.8) is 0 Å². The third kappa shape index (κ3) is 6.09. The molecule has 0 amide bonds. The molecule has 14 rings (SSSR count). The molecule has 9 aromatic carbocycles. The largest absolute Gasteiger partial charge is 0.310 e. The van der Waals surface area contributed by atoms with Gasteiger partial charge in [-0.3, -0.25) is 0 Å². The van der Waals surface area contributed by atoms with Gasteiger partial charge >= 0.3 is 0 Å². The van der Waals surface area contributed by atoms with Crippen molar-refractivity contribution in [1.82, 2.24) is 0 Å². The van der Waals surface area contributed by atoms with Gasteiger partial charge in [-0.1, -0.05) is 232 Å². The van der Waals surface area contributed by atoms with Crippen molar-refractivity contribution in [3.05, 3.63) is 244 Å². The van der Waals surface area contributed by atoms with E-state index >= 15 is 0 Å². The second-order valence-corrected chi connectivity index (χ2v) is 24.7. The molecule has 0 unspecified atom stereocenters. The van der Waals surface area contributed by atoms with Gasteiger partial charge in [0.2, 0.25) is 0 Å². The SMILES string of the molecule is CC(C)(C)c1ccc2c(c1)C1(c3ccccc3-c3ccc(N(c4ccc5c(c4)C4(CCCCC4)c4ccccc4-5)c4ccccc4-c4cccc5c4C(C)(C)c4ccccc4-5)cc31)c1cc(C(C)(C)C)ccc1-2. The first-order valence-electron chi connectivity index (χ1n) is 27.1. The van der Waals surface area contributed by atoms with E-state index in [0.29, 0.717) is 0 Å². The van der Waals surface area contributed by atoms with Crippen molar-refractivity contribution in [2.75, 3.05) is 4.90 Å². The number of hydrogen-bond donors (Lipinski definition) is 0. The minimum Gasteiger partial charge on any atom is -0.310 e. The van der Waals surface area contributed by atoms with Crippen LogP contribution in [0.2, 0.25) is 0 Å². The predicted molar refractivity (Wildman–Crippen MR) is 307 cm³/mol. The van der Waals surface area contributed by atoms with Gasteiger partial charge in [0.1, 0.15) is 0 Å². The summed E-state index contributed by atoms with van der Waals surface area (Å²) in [5.74, 6) is 0. The van der Waals surface area contributed by atoms with E-state index in [-0.39, 0.29) is 21.7 Å². The van der Waals surface area contributed by atoms with Crippen LogP contribution in [0, 0.1) is 0 Å². The fourth-order valence-corrected chi connectivity index (χ4v) is 14.9. The lowest BCUT2D eigenvalue weighted by Crippen LogP contribution is -2.28. The van der Waals surface area contributed by atoms with E-state index in [1.165, 1.54) is 160 Å². The van der Waals surface area contributed by atoms with Gasteiger partial charge in [0.15, 0.2) is 0 Å². The molecule has 1 saturated carbocycles. The molecule has 0 aromatic heterocycles. The second-order valence-electron chi connectivity index (χ2n) is 24.7. The molecule has 358 valence electrons. The molecule has 0 N–H and O–H groups in total. The minimum atomic E-state index is -0.526. The van der Waals surface area contributed by atoms with Crippen molar-refractivity contribution >= 4 is 17.1 Å². The highest BCUT2D eigenvalue weighted by molar-refractivity contribution is 5.99. The van der Waals surface area contributed by atoms with Crippen molar-refractivity contribution < 1.29 is 0 Å². The maximum atomic E-state index is 2.65. The molecule has 9 aromatic rings. The maximum absolute atomic E-state index is 2.65. The predicted octanol–water partition coefficient (Wildman–Crippen LogP) is 19.3. The number of para-hydroxylation sites is 1. The Morgan fingerprint density at radius 2 is 0.753 bits per heavy atom. The van der Waals surface area contributed by atoms with Crippen LogP contribution in [0.1, 0.15) is 143 Å². The van der Waals surface area contributed by atoms with Gasteiger partial charge in [0.25, 0.3) is 0 Å². The monoisotopic (exact) mass is 944 g/mol. The van der Waals surface area contributed by atoms with Gasteiger partial charge in [-0.2, -0.15) is 0 Å². The number of fused-ring (bicyclic) bond motifs is 18. The zero-order valence-electron chi connectivity index (χ0n) is 43.9. The average Bonchev–Trinajstić information content (AvgIpc) is 4.04. The first kappa shape index (κ1) is 44.5. The lowest BCUT2D eigenvalue weighted by atomic mass is 9.68. The molecule has 1 nitrogen and oxygen atoms in total. The van der Waals surface area contributed by atoms with E-state index in [2.05, 4.69) is 248 Å². The van der Waals surface area contributed by atoms with Crippen LogP contribution in [0.4, 0.5) is 17.1 Å². The summed E-state index contributed by atoms with van der Waals surface area (Å²) in [4.78, 5) is 2.65. The Labute approximate surface area is 433 Å². The van der Waals surface area contributed by atoms with E-state index in [1.54, 1.807) is 0 Å². The van der Waals surface area contributed by atoms with Gasteiger partial charge in [0, 0.05) is 27.8 Å². The summed E-state index contributed by atoms with van der Waals surface area (Å²) >= 11 is 0. The smallest absolute Gasteiger partial charge is 0.0726 e. The molecule has 0 bridgehead atoms. The van der Waals surface area contributed by atoms with Crippen LogP contribution in [-0.2, 0) is 27.1 Å². The van der Waals surface area contributed by atoms with Gasteiger partial charge in [-0.15, -0.1) is 0 Å². The van der Waals surface area contributed by atoms with Crippen LogP contribution in [-0.4, -0.2) is 0 Å². The topological polar surface area (TPSA) is 3.24 Å². The van der Waals surface area contributed by atoms with Crippen molar-refractivity contribution in [2.45, 2.75) is 115 Å². The molecule has 0 atom stereocenters. The van der Waals surface area contributed by atoms with Crippen molar-refractivity contribution in [1.29, 1.82) is 0 Å². The highest BCUT2D eigenvalue weighted by Gasteiger charge is 2.53. The van der Waals surface area contributed by atoms with E-state index in [0.717, 1.165) is 0 Å². The Bertz CT molecular complexity index is 3720.